The number of carbonyl (C=O) groups is 1. The van der Waals surface area contributed by atoms with E-state index in [9.17, 15) is 9.59 Å². The number of nitrogens with zero attached hydrogens (tertiary/aromatic N) is 2. The summed E-state index contributed by atoms with van der Waals surface area (Å²) in [5.41, 5.74) is 1.40. The fourth-order valence-corrected chi connectivity index (χ4v) is 4.17. The van der Waals surface area contributed by atoms with Gasteiger partial charge in [0, 0.05) is 0 Å². The summed E-state index contributed by atoms with van der Waals surface area (Å²) in [4.78, 5) is 30.6. The minimum absolute atomic E-state index is 0.142. The third-order valence-electron chi connectivity index (χ3n) is 4.99. The topological polar surface area (TPSA) is 86.4 Å². The predicted octanol–water partition coefficient (Wildman–Crippen LogP) is 3.84. The number of nitrogens with one attached hydrogen (secondary N) is 1. The fraction of sp³-hybridized carbons (Fsp3) is 0.208. The molecule has 0 saturated heterocycles. The van der Waals surface area contributed by atoms with Gasteiger partial charge in [-0.1, -0.05) is 36.0 Å². The monoisotopic (exact) mass is 449 g/mol. The average molecular weight is 450 g/mol. The van der Waals surface area contributed by atoms with Crippen molar-refractivity contribution in [3.05, 3.63) is 88.6 Å². The number of ether oxygens (including phenoxy) is 1. The van der Waals surface area contributed by atoms with E-state index in [0.29, 0.717) is 34.9 Å². The summed E-state index contributed by atoms with van der Waals surface area (Å²) in [6, 6.07) is 18.3. The van der Waals surface area contributed by atoms with E-state index in [4.69, 9.17) is 14.1 Å². The van der Waals surface area contributed by atoms with E-state index in [2.05, 4.69) is 5.32 Å². The Morgan fingerprint density at radius 3 is 2.66 bits per heavy atom. The highest BCUT2D eigenvalue weighted by Gasteiger charge is 2.20. The fourth-order valence-electron chi connectivity index (χ4n) is 3.23. The molecule has 0 fully saturated rings. The number of thioether (sulfide) groups is 1. The van der Waals surface area contributed by atoms with E-state index in [1.807, 2.05) is 36.4 Å². The van der Waals surface area contributed by atoms with Gasteiger partial charge in [0.15, 0.2) is 5.16 Å². The highest BCUT2D eigenvalue weighted by atomic mass is 32.2. The van der Waals surface area contributed by atoms with Gasteiger partial charge in [-0.3, -0.25) is 14.2 Å². The zero-order chi connectivity index (χ0) is 22.5. The van der Waals surface area contributed by atoms with Crippen LogP contribution in [-0.2, 0) is 17.9 Å². The third-order valence-corrected chi connectivity index (χ3v) is 6.08. The van der Waals surface area contributed by atoms with Gasteiger partial charge >= 0.3 is 0 Å². The number of para-hydroxylation sites is 1. The Morgan fingerprint density at radius 1 is 1.16 bits per heavy atom. The molecule has 32 heavy (non-hydrogen) atoms. The van der Waals surface area contributed by atoms with Crippen LogP contribution in [0.3, 0.4) is 0 Å². The summed E-state index contributed by atoms with van der Waals surface area (Å²) in [5.74, 6) is 1.26. The summed E-state index contributed by atoms with van der Waals surface area (Å²) < 4.78 is 12.1. The lowest BCUT2D eigenvalue weighted by atomic mass is 10.2. The second kappa shape index (κ2) is 9.74. The normalized spacial score (nSPS) is 11.9. The van der Waals surface area contributed by atoms with Gasteiger partial charge < -0.3 is 14.5 Å². The molecular formula is C24H23N3O4S. The van der Waals surface area contributed by atoms with Crippen molar-refractivity contribution in [3.8, 4) is 5.75 Å². The molecule has 0 radical (unpaired) electrons. The lowest BCUT2D eigenvalue weighted by Gasteiger charge is -2.16. The number of aromatic nitrogens is 2. The second-order valence-corrected chi connectivity index (χ2v) is 8.52. The van der Waals surface area contributed by atoms with Crippen LogP contribution in [0.5, 0.6) is 5.75 Å². The van der Waals surface area contributed by atoms with Crippen LogP contribution in [0.2, 0.25) is 0 Å². The van der Waals surface area contributed by atoms with Crippen molar-refractivity contribution < 1.29 is 13.9 Å². The molecule has 4 aromatic rings. The van der Waals surface area contributed by atoms with Crippen LogP contribution in [0, 0.1) is 0 Å². The number of methoxy groups -OCH3 is 1. The Kier molecular flexibility index (Phi) is 6.61. The number of hydrogen-bond donors (Lipinski definition) is 1. The summed E-state index contributed by atoms with van der Waals surface area (Å²) >= 11 is 1.26. The van der Waals surface area contributed by atoms with Gasteiger partial charge in [0.25, 0.3) is 5.56 Å². The van der Waals surface area contributed by atoms with Crippen molar-refractivity contribution in [2.45, 2.75) is 30.4 Å². The molecule has 2 aromatic heterocycles. The first-order valence-electron chi connectivity index (χ1n) is 10.1. The number of carbonyl (C=O) groups excluding carboxylic acids is 1. The van der Waals surface area contributed by atoms with E-state index < -0.39 is 5.25 Å². The molecule has 7 nitrogen and oxygen atoms in total. The minimum atomic E-state index is -0.458. The van der Waals surface area contributed by atoms with Gasteiger partial charge in [-0.2, -0.15) is 0 Å². The van der Waals surface area contributed by atoms with Gasteiger partial charge in [0.2, 0.25) is 5.91 Å². The lowest BCUT2D eigenvalue weighted by molar-refractivity contribution is -0.120. The molecule has 4 rings (SSSR count). The van der Waals surface area contributed by atoms with Crippen LogP contribution < -0.4 is 15.6 Å². The van der Waals surface area contributed by atoms with Gasteiger partial charge in [0.05, 0.1) is 42.6 Å². The molecule has 0 aliphatic heterocycles. The summed E-state index contributed by atoms with van der Waals surface area (Å²) in [5, 5.41) is 3.43. The maximum absolute atomic E-state index is 13.3. The summed E-state index contributed by atoms with van der Waals surface area (Å²) in [7, 11) is 1.61. The van der Waals surface area contributed by atoms with E-state index in [1.54, 1.807) is 49.1 Å². The van der Waals surface area contributed by atoms with E-state index in [0.717, 1.165) is 11.3 Å². The van der Waals surface area contributed by atoms with Crippen molar-refractivity contribution in [2.75, 3.05) is 7.11 Å². The van der Waals surface area contributed by atoms with Gasteiger partial charge in [-0.25, -0.2) is 4.98 Å². The van der Waals surface area contributed by atoms with E-state index >= 15 is 0 Å². The molecule has 0 aliphatic carbocycles. The standard InChI is InChI=1S/C24H23N3O4S/c1-16(22(28)25-14-19-6-5-13-31-19)32-24-26-21-8-4-3-7-20(21)23(29)27(24)15-17-9-11-18(30-2)12-10-17/h3-13,16H,14-15H2,1-2H3,(H,25,28). The van der Waals surface area contributed by atoms with Crippen molar-refractivity contribution in [1.29, 1.82) is 0 Å². The Bertz CT molecular complexity index is 1270. The van der Waals surface area contributed by atoms with E-state index in [1.165, 1.54) is 11.8 Å². The largest absolute Gasteiger partial charge is 0.497 e. The maximum Gasteiger partial charge on any atom is 0.262 e. The third kappa shape index (κ3) is 4.86. The smallest absolute Gasteiger partial charge is 0.262 e. The molecular weight excluding hydrogens is 426 g/mol. The molecule has 1 amide bonds. The van der Waals surface area contributed by atoms with Crippen LogP contribution in [0.25, 0.3) is 10.9 Å². The number of furan rings is 1. The van der Waals surface area contributed by atoms with Crippen LogP contribution in [0.15, 0.2) is 81.3 Å². The van der Waals surface area contributed by atoms with Gasteiger partial charge in [0.1, 0.15) is 11.5 Å². The molecule has 8 heteroatoms. The maximum atomic E-state index is 13.3. The first kappa shape index (κ1) is 21.7. The van der Waals surface area contributed by atoms with Crippen molar-refractivity contribution >= 4 is 28.6 Å². The highest BCUT2D eigenvalue weighted by molar-refractivity contribution is 8.00. The number of hydrogen-bond acceptors (Lipinski definition) is 6. The zero-order valence-electron chi connectivity index (χ0n) is 17.8. The number of rotatable bonds is 8. The van der Waals surface area contributed by atoms with Crippen molar-refractivity contribution in [1.82, 2.24) is 14.9 Å². The Hall–Kier alpha value is -3.52. The Morgan fingerprint density at radius 2 is 1.94 bits per heavy atom. The van der Waals surface area contributed by atoms with Crippen LogP contribution in [0.1, 0.15) is 18.2 Å². The molecule has 1 unspecified atom stereocenters. The molecule has 0 bridgehead atoms. The molecule has 1 N–H and O–H groups in total. The van der Waals surface area contributed by atoms with Crippen molar-refractivity contribution in [3.63, 3.8) is 0 Å². The SMILES string of the molecule is COc1ccc(Cn2c(SC(C)C(=O)NCc3ccco3)nc3ccccc3c2=O)cc1. The lowest BCUT2D eigenvalue weighted by Crippen LogP contribution is -2.31. The number of benzene rings is 2. The van der Waals surface area contributed by atoms with Crippen LogP contribution in [-0.4, -0.2) is 27.8 Å². The summed E-state index contributed by atoms with van der Waals surface area (Å²) in [6.07, 6.45) is 1.57. The van der Waals surface area contributed by atoms with Crippen LogP contribution in [0.4, 0.5) is 0 Å². The zero-order valence-corrected chi connectivity index (χ0v) is 18.6. The number of amides is 1. The molecule has 0 spiro atoms. The molecule has 0 saturated carbocycles. The first-order valence-corrected chi connectivity index (χ1v) is 11.0. The Labute approximate surface area is 189 Å². The first-order chi connectivity index (χ1) is 15.5. The highest BCUT2D eigenvalue weighted by Crippen LogP contribution is 2.24. The Balaban J connectivity index is 1.61. The van der Waals surface area contributed by atoms with Gasteiger partial charge in [-0.15, -0.1) is 0 Å². The second-order valence-electron chi connectivity index (χ2n) is 7.21. The quantitative estimate of drug-likeness (QED) is 0.325. The number of fused-ring (bicyclic) bond motifs is 1. The molecule has 2 aromatic carbocycles. The van der Waals surface area contributed by atoms with E-state index in [-0.39, 0.29) is 11.5 Å². The molecule has 164 valence electrons. The summed E-state index contributed by atoms with van der Waals surface area (Å²) in [6.45, 7) is 2.44. The average Bonchev–Trinajstić information content (AvgIpc) is 3.34. The molecule has 2 heterocycles. The van der Waals surface area contributed by atoms with Crippen molar-refractivity contribution in [2.24, 2.45) is 0 Å². The van der Waals surface area contributed by atoms with Gasteiger partial charge in [-0.05, 0) is 48.9 Å². The molecule has 0 aliphatic rings. The minimum Gasteiger partial charge on any atom is -0.497 e. The molecule has 1 atom stereocenters. The van der Waals surface area contributed by atoms with Crippen LogP contribution >= 0.6 is 11.8 Å². The predicted molar refractivity (Wildman–Crippen MR) is 124 cm³/mol.